The van der Waals surface area contributed by atoms with Gasteiger partial charge in [-0.15, -0.1) is 0 Å². The maximum atomic E-state index is 5.62. The van der Waals surface area contributed by atoms with Gasteiger partial charge in [0.05, 0.1) is 13.2 Å². The van der Waals surface area contributed by atoms with Crippen molar-refractivity contribution >= 4 is 11.6 Å². The van der Waals surface area contributed by atoms with Crippen LogP contribution in [0.3, 0.4) is 0 Å². The molecule has 0 unspecified atom stereocenters. The molecule has 0 fully saturated rings. The number of pyridine rings is 1. The summed E-state index contributed by atoms with van der Waals surface area (Å²) in [6.45, 7) is 1.88. The molecule has 3 heteroatoms. The lowest BCUT2D eigenvalue weighted by Gasteiger charge is -1.98. The third-order valence-electron chi connectivity index (χ3n) is 1.04. The number of nitrogens with zero attached hydrogens (tertiary/aromatic N) is 1. The predicted molar refractivity (Wildman–Crippen MR) is 39.4 cm³/mol. The lowest BCUT2D eigenvalue weighted by Crippen LogP contribution is -1.88. The van der Waals surface area contributed by atoms with Gasteiger partial charge in [-0.2, -0.15) is 0 Å². The molecule has 2 nitrogen and oxygen atoms in total. The highest BCUT2D eigenvalue weighted by molar-refractivity contribution is 6.29. The number of hydrogen-bond donors (Lipinski definition) is 0. The van der Waals surface area contributed by atoms with Gasteiger partial charge >= 0.3 is 0 Å². The van der Waals surface area contributed by atoms with Crippen LogP contribution in [0.4, 0.5) is 0 Å². The van der Waals surface area contributed by atoms with Gasteiger partial charge in [0.1, 0.15) is 5.15 Å². The summed E-state index contributed by atoms with van der Waals surface area (Å²) in [5, 5.41) is 0.438. The molecule has 0 aromatic carbocycles. The van der Waals surface area contributed by atoms with E-state index in [4.69, 9.17) is 16.3 Å². The number of aromatic nitrogens is 1. The van der Waals surface area contributed by atoms with Gasteiger partial charge in [-0.25, -0.2) is 4.98 Å². The second-order valence-electron chi connectivity index (χ2n) is 1.90. The van der Waals surface area contributed by atoms with Crippen LogP contribution in [0.1, 0.15) is 5.56 Å². The molecule has 0 aliphatic heterocycles. The maximum Gasteiger partial charge on any atom is 0.222 e. The van der Waals surface area contributed by atoms with Gasteiger partial charge in [0.25, 0.3) is 0 Å². The van der Waals surface area contributed by atoms with Gasteiger partial charge in [0.15, 0.2) is 0 Å². The summed E-state index contributed by atoms with van der Waals surface area (Å²) < 4.78 is 4.82. The number of hydrogen-bond acceptors (Lipinski definition) is 2. The fraction of sp³-hybridized carbons (Fsp3) is 0.286. The van der Waals surface area contributed by atoms with E-state index in [1.165, 1.54) is 7.11 Å². The first kappa shape index (κ1) is 7.35. The summed E-state index contributed by atoms with van der Waals surface area (Å²) in [5.74, 6) is 0.435. The first-order valence-electron chi connectivity index (χ1n) is 2.83. The molecule has 0 saturated carbocycles. The van der Waals surface area contributed by atoms with Gasteiger partial charge in [0, 0.05) is 0 Å². The molecule has 53 valence electrons. The number of aryl methyl sites for hydroxylation is 1. The average Bonchev–Trinajstić information content (AvgIpc) is 1.85. The largest absolute Gasteiger partial charge is 0.481 e. The molecule has 0 saturated heterocycles. The molecular formula is C7H7ClNO. The van der Waals surface area contributed by atoms with Gasteiger partial charge in [-0.3, -0.25) is 0 Å². The smallest absolute Gasteiger partial charge is 0.222 e. The van der Waals surface area contributed by atoms with Crippen molar-refractivity contribution < 1.29 is 4.74 Å². The fourth-order valence-corrected chi connectivity index (χ4v) is 0.878. The van der Waals surface area contributed by atoms with Crippen molar-refractivity contribution in [3.05, 3.63) is 22.8 Å². The molecule has 1 aromatic rings. The van der Waals surface area contributed by atoms with Crippen molar-refractivity contribution in [1.29, 1.82) is 0 Å². The zero-order valence-corrected chi connectivity index (χ0v) is 6.57. The Kier molecular flexibility index (Phi) is 2.12. The first-order valence-corrected chi connectivity index (χ1v) is 3.20. The Bertz CT molecular complexity index is 217. The zero-order chi connectivity index (χ0) is 7.56. The first-order chi connectivity index (χ1) is 4.72. The summed E-state index contributed by atoms with van der Waals surface area (Å²) in [7, 11) is 1.54. The second-order valence-corrected chi connectivity index (χ2v) is 2.28. The minimum absolute atomic E-state index is 0.435. The number of methoxy groups -OCH3 is 1. The fourth-order valence-electron chi connectivity index (χ4n) is 0.637. The number of halogens is 1. The summed E-state index contributed by atoms with van der Waals surface area (Å²) in [4.78, 5) is 3.84. The molecule has 0 aliphatic carbocycles. The predicted octanol–water partition coefficient (Wildman–Crippen LogP) is 1.85. The van der Waals surface area contributed by atoms with Crippen LogP contribution in [0, 0.1) is 13.0 Å². The van der Waals surface area contributed by atoms with Crippen LogP contribution in [0.15, 0.2) is 6.07 Å². The van der Waals surface area contributed by atoms with Crippen LogP contribution in [-0.4, -0.2) is 12.1 Å². The average molecular weight is 157 g/mol. The molecule has 0 atom stereocenters. The van der Waals surface area contributed by atoms with Crippen molar-refractivity contribution in [2.45, 2.75) is 6.92 Å². The maximum absolute atomic E-state index is 5.62. The van der Waals surface area contributed by atoms with Gasteiger partial charge in [0.2, 0.25) is 5.88 Å². The molecule has 1 radical (unpaired) electrons. The molecule has 1 rings (SSSR count). The highest BCUT2D eigenvalue weighted by Crippen LogP contribution is 2.13. The highest BCUT2D eigenvalue weighted by atomic mass is 35.5. The molecule has 1 aromatic heterocycles. The Labute approximate surface area is 64.8 Å². The van der Waals surface area contributed by atoms with Crippen LogP contribution < -0.4 is 4.74 Å². The normalized spacial score (nSPS) is 9.50. The third kappa shape index (κ3) is 1.61. The van der Waals surface area contributed by atoms with Crippen molar-refractivity contribution in [3.63, 3.8) is 0 Å². The van der Waals surface area contributed by atoms with Crippen LogP contribution in [0.25, 0.3) is 0 Å². The molecule has 1 heterocycles. The van der Waals surface area contributed by atoms with E-state index in [1.54, 1.807) is 6.07 Å². The quantitative estimate of drug-likeness (QED) is 0.579. The van der Waals surface area contributed by atoms with Gasteiger partial charge in [-0.05, 0) is 18.6 Å². The van der Waals surface area contributed by atoms with E-state index in [0.29, 0.717) is 11.0 Å². The molecule has 0 amide bonds. The van der Waals surface area contributed by atoms with Gasteiger partial charge in [-0.1, -0.05) is 11.6 Å². The lowest BCUT2D eigenvalue weighted by atomic mass is 10.3. The van der Waals surface area contributed by atoms with Crippen LogP contribution in [0.2, 0.25) is 5.15 Å². The monoisotopic (exact) mass is 156 g/mol. The molecule has 0 spiro atoms. The van der Waals surface area contributed by atoms with E-state index in [1.807, 2.05) is 6.92 Å². The highest BCUT2D eigenvalue weighted by Gasteiger charge is 1.96. The van der Waals surface area contributed by atoms with E-state index in [9.17, 15) is 0 Å². The summed E-state index contributed by atoms with van der Waals surface area (Å²) >= 11 is 5.62. The van der Waals surface area contributed by atoms with Crippen molar-refractivity contribution in [1.82, 2.24) is 4.98 Å². The van der Waals surface area contributed by atoms with Crippen molar-refractivity contribution in [2.75, 3.05) is 7.11 Å². The zero-order valence-electron chi connectivity index (χ0n) is 5.81. The number of ether oxygens (including phenoxy) is 1. The van der Waals surface area contributed by atoms with Crippen molar-refractivity contribution in [3.8, 4) is 5.88 Å². The Balaban J connectivity index is 3.06. The minimum atomic E-state index is 0.435. The molecule has 0 N–H and O–H groups in total. The van der Waals surface area contributed by atoms with Crippen LogP contribution in [0.5, 0.6) is 5.88 Å². The number of rotatable bonds is 1. The van der Waals surface area contributed by atoms with E-state index >= 15 is 0 Å². The van der Waals surface area contributed by atoms with Crippen molar-refractivity contribution in [2.24, 2.45) is 0 Å². The minimum Gasteiger partial charge on any atom is -0.481 e. The molecule has 10 heavy (non-hydrogen) atoms. The second kappa shape index (κ2) is 2.88. The third-order valence-corrected chi connectivity index (χ3v) is 1.24. The summed E-state index contributed by atoms with van der Waals surface area (Å²) in [6, 6.07) is 4.61. The molecular weight excluding hydrogens is 150 g/mol. The summed E-state index contributed by atoms with van der Waals surface area (Å²) in [5.41, 5.74) is 0.928. The van der Waals surface area contributed by atoms with E-state index in [-0.39, 0.29) is 0 Å². The van der Waals surface area contributed by atoms with E-state index in [2.05, 4.69) is 11.1 Å². The van der Waals surface area contributed by atoms with Gasteiger partial charge < -0.3 is 4.74 Å². The Morgan fingerprint density at radius 2 is 2.40 bits per heavy atom. The lowest BCUT2D eigenvalue weighted by molar-refractivity contribution is 0.396. The summed E-state index contributed by atoms with van der Waals surface area (Å²) in [6.07, 6.45) is 0. The molecule has 0 aliphatic rings. The Hall–Kier alpha value is -0.760. The topological polar surface area (TPSA) is 22.1 Å². The Morgan fingerprint density at radius 1 is 1.70 bits per heavy atom. The van der Waals surface area contributed by atoms with E-state index < -0.39 is 0 Å². The SMILES string of the molecule is COc1[c]c(C)cc(Cl)n1. The Morgan fingerprint density at radius 3 is 2.90 bits per heavy atom. The van der Waals surface area contributed by atoms with Crippen LogP contribution >= 0.6 is 11.6 Å². The standard InChI is InChI=1S/C7H7ClNO/c1-5-3-6(8)9-7(4-5)10-2/h3H,1-2H3. The van der Waals surface area contributed by atoms with Crippen LogP contribution in [-0.2, 0) is 0 Å². The molecule has 0 bridgehead atoms. The van der Waals surface area contributed by atoms with E-state index in [0.717, 1.165) is 5.56 Å².